The van der Waals surface area contributed by atoms with Crippen molar-refractivity contribution >= 4 is 29.9 Å². The lowest BCUT2D eigenvalue weighted by molar-refractivity contribution is 0.0420. The van der Waals surface area contributed by atoms with E-state index in [9.17, 15) is 0 Å². The maximum Gasteiger partial charge on any atom is 0.191 e. The van der Waals surface area contributed by atoms with Crippen LogP contribution < -0.4 is 24.8 Å². The third-order valence-corrected chi connectivity index (χ3v) is 4.41. The zero-order valence-electron chi connectivity index (χ0n) is 17.8. The van der Waals surface area contributed by atoms with Crippen LogP contribution in [0.5, 0.6) is 17.2 Å². The normalized spacial score (nSPS) is 16.1. The molecule has 1 aromatic rings. The van der Waals surface area contributed by atoms with E-state index in [1.807, 2.05) is 19.1 Å². The van der Waals surface area contributed by atoms with Crippen LogP contribution in [0.25, 0.3) is 0 Å². The predicted molar refractivity (Wildman–Crippen MR) is 124 cm³/mol. The summed E-state index contributed by atoms with van der Waals surface area (Å²) < 4.78 is 27.4. The van der Waals surface area contributed by atoms with Gasteiger partial charge in [0.1, 0.15) is 17.2 Å². The van der Waals surface area contributed by atoms with E-state index in [1.54, 1.807) is 21.3 Å². The minimum Gasteiger partial charge on any atom is -0.496 e. The summed E-state index contributed by atoms with van der Waals surface area (Å²) in [6, 6.07) is 3.66. The van der Waals surface area contributed by atoms with Crippen LogP contribution in [0, 0.1) is 0 Å². The van der Waals surface area contributed by atoms with Gasteiger partial charge in [-0.1, -0.05) is 0 Å². The SMILES string of the molecule is CCNC(=NCc1c(OC)cc(OC)cc1OC)NCCCOC1CCOC1.I. The van der Waals surface area contributed by atoms with Crippen LogP contribution in [-0.2, 0) is 16.0 Å². The molecule has 29 heavy (non-hydrogen) atoms. The molecule has 0 aliphatic carbocycles. The lowest BCUT2D eigenvalue weighted by Crippen LogP contribution is -2.38. The van der Waals surface area contributed by atoms with Gasteiger partial charge in [0.15, 0.2) is 5.96 Å². The summed E-state index contributed by atoms with van der Waals surface area (Å²) in [6.07, 6.45) is 2.14. The van der Waals surface area contributed by atoms with Crippen LogP contribution in [0.1, 0.15) is 25.3 Å². The Labute approximate surface area is 190 Å². The predicted octanol–water partition coefficient (Wildman–Crippen LogP) is 2.58. The van der Waals surface area contributed by atoms with Gasteiger partial charge >= 0.3 is 0 Å². The summed E-state index contributed by atoms with van der Waals surface area (Å²) >= 11 is 0. The van der Waals surface area contributed by atoms with Gasteiger partial charge in [-0.05, 0) is 19.8 Å². The number of guanidine groups is 1. The molecule has 1 heterocycles. The number of nitrogens with zero attached hydrogens (tertiary/aromatic N) is 1. The molecule has 2 rings (SSSR count). The molecule has 0 bridgehead atoms. The van der Waals surface area contributed by atoms with Crippen LogP contribution in [0.2, 0.25) is 0 Å². The molecule has 0 saturated carbocycles. The minimum absolute atomic E-state index is 0. The third-order valence-electron chi connectivity index (χ3n) is 4.41. The zero-order chi connectivity index (χ0) is 20.2. The Balaban J connectivity index is 0.00000420. The summed E-state index contributed by atoms with van der Waals surface area (Å²) in [5.74, 6) is 2.79. The van der Waals surface area contributed by atoms with Gasteiger partial charge in [0.05, 0.1) is 46.1 Å². The van der Waals surface area contributed by atoms with Crippen molar-refractivity contribution in [1.82, 2.24) is 10.6 Å². The third kappa shape index (κ3) is 8.43. The molecule has 1 saturated heterocycles. The lowest BCUT2D eigenvalue weighted by atomic mass is 10.1. The molecular formula is C20H34IN3O5. The highest BCUT2D eigenvalue weighted by atomic mass is 127. The van der Waals surface area contributed by atoms with Gasteiger partial charge in [-0.15, -0.1) is 24.0 Å². The fraction of sp³-hybridized carbons (Fsp3) is 0.650. The molecule has 1 fully saturated rings. The zero-order valence-corrected chi connectivity index (χ0v) is 20.1. The summed E-state index contributed by atoms with van der Waals surface area (Å²) in [5.41, 5.74) is 0.868. The summed E-state index contributed by atoms with van der Waals surface area (Å²) in [4.78, 5) is 4.66. The lowest BCUT2D eigenvalue weighted by Gasteiger charge is -2.15. The number of nitrogens with one attached hydrogen (secondary N) is 2. The van der Waals surface area contributed by atoms with Crippen molar-refractivity contribution in [3.8, 4) is 17.2 Å². The molecule has 166 valence electrons. The number of aliphatic imine (C=N–C) groups is 1. The monoisotopic (exact) mass is 523 g/mol. The number of rotatable bonds is 11. The van der Waals surface area contributed by atoms with Gasteiger partial charge < -0.3 is 34.3 Å². The first-order valence-corrected chi connectivity index (χ1v) is 9.72. The summed E-state index contributed by atoms with van der Waals surface area (Å²) in [7, 11) is 4.86. The van der Waals surface area contributed by atoms with Crippen molar-refractivity contribution in [2.24, 2.45) is 4.99 Å². The van der Waals surface area contributed by atoms with Crippen molar-refractivity contribution < 1.29 is 23.7 Å². The van der Waals surface area contributed by atoms with E-state index in [0.717, 1.165) is 44.1 Å². The maximum atomic E-state index is 5.79. The Kier molecular flexibility index (Phi) is 12.8. The van der Waals surface area contributed by atoms with Crippen LogP contribution in [0.15, 0.2) is 17.1 Å². The van der Waals surface area contributed by atoms with Gasteiger partial charge in [0, 0.05) is 38.4 Å². The number of hydrogen-bond acceptors (Lipinski definition) is 6. The highest BCUT2D eigenvalue weighted by molar-refractivity contribution is 14.0. The quantitative estimate of drug-likeness (QED) is 0.200. The number of benzene rings is 1. The molecule has 2 N–H and O–H groups in total. The Morgan fingerprint density at radius 3 is 2.41 bits per heavy atom. The van der Waals surface area contributed by atoms with E-state index in [1.165, 1.54) is 0 Å². The largest absolute Gasteiger partial charge is 0.496 e. The van der Waals surface area contributed by atoms with Crippen LogP contribution in [-0.4, -0.2) is 66.3 Å². The van der Waals surface area contributed by atoms with E-state index >= 15 is 0 Å². The molecule has 1 atom stereocenters. The second-order valence-corrected chi connectivity index (χ2v) is 6.34. The van der Waals surface area contributed by atoms with Gasteiger partial charge in [0.2, 0.25) is 0 Å². The first-order valence-electron chi connectivity index (χ1n) is 9.72. The molecule has 1 aliphatic heterocycles. The van der Waals surface area contributed by atoms with E-state index in [0.29, 0.717) is 37.0 Å². The molecule has 1 aromatic carbocycles. The molecule has 0 radical (unpaired) electrons. The number of methoxy groups -OCH3 is 3. The molecule has 0 amide bonds. The number of halogens is 1. The van der Waals surface area contributed by atoms with Gasteiger partial charge in [-0.3, -0.25) is 0 Å². The second kappa shape index (κ2) is 14.5. The maximum absolute atomic E-state index is 5.79. The molecule has 1 unspecified atom stereocenters. The molecule has 1 aliphatic rings. The topological polar surface area (TPSA) is 82.6 Å². The first-order chi connectivity index (χ1) is 13.7. The van der Waals surface area contributed by atoms with Crippen molar-refractivity contribution in [3.05, 3.63) is 17.7 Å². The highest BCUT2D eigenvalue weighted by Crippen LogP contribution is 2.34. The highest BCUT2D eigenvalue weighted by Gasteiger charge is 2.15. The second-order valence-electron chi connectivity index (χ2n) is 6.34. The Morgan fingerprint density at radius 2 is 1.86 bits per heavy atom. The first kappa shape index (κ1) is 25.6. The minimum atomic E-state index is 0. The van der Waals surface area contributed by atoms with Crippen LogP contribution in [0.3, 0.4) is 0 Å². The molecule has 0 aromatic heterocycles. The Morgan fingerprint density at radius 1 is 1.14 bits per heavy atom. The number of hydrogen-bond donors (Lipinski definition) is 2. The fourth-order valence-electron chi connectivity index (χ4n) is 2.91. The van der Waals surface area contributed by atoms with Crippen molar-refractivity contribution in [2.45, 2.75) is 32.4 Å². The van der Waals surface area contributed by atoms with E-state index in [2.05, 4.69) is 15.6 Å². The van der Waals surface area contributed by atoms with E-state index in [4.69, 9.17) is 23.7 Å². The van der Waals surface area contributed by atoms with Gasteiger partial charge in [-0.25, -0.2) is 4.99 Å². The molecule has 9 heteroatoms. The van der Waals surface area contributed by atoms with Crippen molar-refractivity contribution in [1.29, 1.82) is 0 Å². The van der Waals surface area contributed by atoms with Crippen LogP contribution in [0.4, 0.5) is 0 Å². The Hall–Kier alpha value is -1.46. The van der Waals surface area contributed by atoms with E-state index in [-0.39, 0.29) is 30.1 Å². The summed E-state index contributed by atoms with van der Waals surface area (Å²) in [5, 5.41) is 6.59. The Bertz CT molecular complexity index is 599. The average molecular weight is 523 g/mol. The van der Waals surface area contributed by atoms with Crippen molar-refractivity contribution in [2.75, 3.05) is 54.2 Å². The van der Waals surface area contributed by atoms with E-state index < -0.39 is 0 Å². The standard InChI is InChI=1S/C20H33N3O5.HI/c1-5-21-20(22-8-6-9-28-15-7-10-27-14-15)23-13-17-18(25-3)11-16(24-2)12-19(17)26-4;/h11-12,15H,5-10,13-14H2,1-4H3,(H2,21,22,23);1H. The van der Waals surface area contributed by atoms with Crippen LogP contribution >= 0.6 is 24.0 Å². The molecular weight excluding hydrogens is 489 g/mol. The number of ether oxygens (including phenoxy) is 5. The fourth-order valence-corrected chi connectivity index (χ4v) is 2.91. The summed E-state index contributed by atoms with van der Waals surface area (Å²) in [6.45, 7) is 6.23. The molecule has 0 spiro atoms. The van der Waals surface area contributed by atoms with Gasteiger partial charge in [0.25, 0.3) is 0 Å². The van der Waals surface area contributed by atoms with Crippen molar-refractivity contribution in [3.63, 3.8) is 0 Å². The smallest absolute Gasteiger partial charge is 0.191 e. The van der Waals surface area contributed by atoms with Gasteiger partial charge in [-0.2, -0.15) is 0 Å². The molecule has 8 nitrogen and oxygen atoms in total. The average Bonchev–Trinajstić information content (AvgIpc) is 3.24.